The molecule has 2 fully saturated rings. The van der Waals surface area contributed by atoms with Crippen LogP contribution in [-0.4, -0.2) is 61.1 Å². The molecule has 8 nitrogen and oxygen atoms in total. The molecule has 2 radical (unpaired) electrons. The quantitative estimate of drug-likeness (QED) is 0.533. The van der Waals surface area contributed by atoms with Gasteiger partial charge in [0.2, 0.25) is 0 Å². The summed E-state index contributed by atoms with van der Waals surface area (Å²) in [5.41, 5.74) is -0.550. The van der Waals surface area contributed by atoms with Crippen LogP contribution in [0.25, 0.3) is 10.8 Å². The molecule has 8 heteroatoms. The van der Waals surface area contributed by atoms with Gasteiger partial charge in [0.25, 0.3) is 11.8 Å². The minimum atomic E-state index is -0.700. The number of imide groups is 1. The molecule has 204 valence electrons. The van der Waals surface area contributed by atoms with E-state index in [0.29, 0.717) is 42.2 Å². The Morgan fingerprint density at radius 3 is 1.68 bits per heavy atom. The molecule has 0 atom stereocenters. The van der Waals surface area contributed by atoms with E-state index >= 15 is 0 Å². The summed E-state index contributed by atoms with van der Waals surface area (Å²) in [6.45, 7) is 15.4. The zero-order valence-electron chi connectivity index (χ0n) is 23.8. The highest BCUT2D eigenvalue weighted by Crippen LogP contribution is 2.43. The molecule has 1 N–H and O–H groups in total. The van der Waals surface area contributed by atoms with Crippen LogP contribution >= 0.6 is 0 Å². The lowest BCUT2D eigenvalue weighted by molar-refractivity contribution is -0.292. The lowest BCUT2D eigenvalue weighted by Gasteiger charge is -2.52. The van der Waals surface area contributed by atoms with Crippen LogP contribution in [0.5, 0.6) is 0 Å². The molecule has 0 saturated carbocycles. The second-order valence-electron chi connectivity index (χ2n) is 14.0. The number of anilines is 1. The fraction of sp³-hybridized carbons (Fsp3) is 0.600. The van der Waals surface area contributed by atoms with E-state index in [1.54, 1.807) is 6.07 Å². The van der Waals surface area contributed by atoms with Gasteiger partial charge in [-0.05, 0) is 99.3 Å². The Hall–Kier alpha value is -2.52. The summed E-state index contributed by atoms with van der Waals surface area (Å²) in [7, 11) is 0. The topological polar surface area (TPSA) is 95.7 Å². The molecule has 0 unspecified atom stereocenters. The first-order valence-electron chi connectivity index (χ1n) is 13.6. The van der Waals surface area contributed by atoms with E-state index in [-0.39, 0.29) is 23.9 Å². The van der Waals surface area contributed by atoms with Crippen molar-refractivity contribution in [3.63, 3.8) is 0 Å². The number of hydrogen-bond donors (Lipinski definition) is 1. The summed E-state index contributed by atoms with van der Waals surface area (Å²) in [6, 6.07) is 9.03. The highest BCUT2D eigenvalue weighted by atomic mass is 16.5. The van der Waals surface area contributed by atoms with Gasteiger partial charge in [-0.25, -0.2) is 0 Å². The monoisotopic (exact) mass is 520 g/mol. The molecular weight excluding hydrogens is 480 g/mol. The van der Waals surface area contributed by atoms with E-state index in [1.807, 2.05) is 79.7 Å². The van der Waals surface area contributed by atoms with Gasteiger partial charge in [-0.15, -0.1) is 20.5 Å². The fourth-order valence-corrected chi connectivity index (χ4v) is 7.55. The maximum Gasteiger partial charge on any atom is 0.261 e. The van der Waals surface area contributed by atoms with Crippen LogP contribution < -0.4 is 5.32 Å². The smallest absolute Gasteiger partial charge is 0.261 e. The van der Waals surface area contributed by atoms with E-state index in [2.05, 4.69) is 5.32 Å². The number of hydrogen-bond acceptors (Lipinski definition) is 5. The molecule has 3 aliphatic rings. The molecule has 38 heavy (non-hydrogen) atoms. The summed E-state index contributed by atoms with van der Waals surface area (Å²) in [6.07, 6.45) is 2.20. The Labute approximate surface area is 225 Å². The molecular formula is C30H40N4O4. The van der Waals surface area contributed by atoms with Crippen molar-refractivity contribution in [2.24, 2.45) is 0 Å². The standard InChI is InChI=1S/C30H40N4O4/c1-27(2)14-18(15-28(3,4)33(27)37)31-23-13-12-22-24-20(23)10-9-11-21(24)25(35)32(26(22)36)19-16-29(5,6)34(38)30(7,8)17-19/h9-13,18-19,31H,14-17H2,1-8H3. The Kier molecular flexibility index (Phi) is 6.04. The number of nitrogens with zero attached hydrogens (tertiary/aromatic N) is 3. The van der Waals surface area contributed by atoms with Gasteiger partial charge in [0.05, 0.1) is 0 Å². The zero-order valence-corrected chi connectivity index (χ0v) is 23.8. The Bertz CT molecular complexity index is 1260. The average molecular weight is 521 g/mol. The molecule has 2 amide bonds. The third-order valence-corrected chi connectivity index (χ3v) is 8.83. The van der Waals surface area contributed by atoms with E-state index in [0.717, 1.165) is 16.1 Å². The number of benzene rings is 2. The summed E-state index contributed by atoms with van der Waals surface area (Å²) < 4.78 is 0. The predicted molar refractivity (Wildman–Crippen MR) is 145 cm³/mol. The van der Waals surface area contributed by atoms with Gasteiger partial charge >= 0.3 is 0 Å². The van der Waals surface area contributed by atoms with Gasteiger partial charge in [0.1, 0.15) is 0 Å². The van der Waals surface area contributed by atoms with Crippen LogP contribution in [-0.2, 0) is 10.4 Å². The van der Waals surface area contributed by atoms with Crippen molar-refractivity contribution in [2.75, 3.05) is 5.32 Å². The predicted octanol–water partition coefficient (Wildman–Crippen LogP) is 5.58. The largest absolute Gasteiger partial charge is 0.382 e. The highest BCUT2D eigenvalue weighted by Gasteiger charge is 2.51. The van der Waals surface area contributed by atoms with Crippen molar-refractivity contribution in [1.82, 2.24) is 15.0 Å². The van der Waals surface area contributed by atoms with Crippen LogP contribution in [0.4, 0.5) is 5.69 Å². The minimum absolute atomic E-state index is 0.0653. The molecule has 0 aromatic heterocycles. The van der Waals surface area contributed by atoms with Crippen LogP contribution in [0.3, 0.4) is 0 Å². The van der Waals surface area contributed by atoms with E-state index < -0.39 is 22.2 Å². The molecule has 3 heterocycles. The number of carbonyl (C=O) groups excluding carboxylic acids is 2. The van der Waals surface area contributed by atoms with Gasteiger partial charge in [-0.2, -0.15) is 0 Å². The molecule has 5 rings (SSSR count). The minimum Gasteiger partial charge on any atom is -0.382 e. The van der Waals surface area contributed by atoms with E-state index in [9.17, 15) is 20.0 Å². The van der Waals surface area contributed by atoms with Gasteiger partial charge in [0.15, 0.2) is 0 Å². The number of rotatable bonds is 3. The first-order chi connectivity index (χ1) is 17.5. The molecule has 2 aromatic carbocycles. The van der Waals surface area contributed by atoms with Crippen molar-refractivity contribution in [1.29, 1.82) is 0 Å². The summed E-state index contributed by atoms with van der Waals surface area (Å²) in [5, 5.41) is 33.2. The zero-order chi connectivity index (χ0) is 28.0. The molecule has 0 aliphatic carbocycles. The fourth-order valence-electron chi connectivity index (χ4n) is 7.55. The van der Waals surface area contributed by atoms with Crippen molar-refractivity contribution in [3.05, 3.63) is 41.5 Å². The SMILES string of the molecule is CC1(C)CC(Nc2ccc3c4c(cccc24)C(=O)N(C2CC(C)(C)N([O])C(C)(C)C2)C3=O)CC(C)(C)N1[O]. The summed E-state index contributed by atoms with van der Waals surface area (Å²) >= 11 is 0. The van der Waals surface area contributed by atoms with Crippen LogP contribution in [0, 0.1) is 0 Å². The van der Waals surface area contributed by atoms with Crippen molar-refractivity contribution >= 4 is 28.3 Å². The first-order valence-corrected chi connectivity index (χ1v) is 13.6. The van der Waals surface area contributed by atoms with E-state index in [1.165, 1.54) is 9.96 Å². The van der Waals surface area contributed by atoms with Crippen LogP contribution in [0.1, 0.15) is 102 Å². The second-order valence-corrected chi connectivity index (χ2v) is 14.0. The number of hydroxylamine groups is 4. The average Bonchev–Trinajstić information content (AvgIpc) is 2.79. The van der Waals surface area contributed by atoms with Gasteiger partial charge in [0, 0.05) is 61.8 Å². The number of nitrogens with one attached hydrogen (secondary N) is 1. The normalized spacial score (nSPS) is 25.7. The molecule has 0 bridgehead atoms. The lowest BCUT2D eigenvalue weighted by atomic mass is 9.77. The van der Waals surface area contributed by atoms with Gasteiger partial charge in [-0.3, -0.25) is 14.5 Å². The number of amides is 2. The third-order valence-electron chi connectivity index (χ3n) is 8.83. The van der Waals surface area contributed by atoms with Gasteiger partial charge in [-0.1, -0.05) is 12.1 Å². The summed E-state index contributed by atoms with van der Waals surface area (Å²) in [4.78, 5) is 29.2. The lowest BCUT2D eigenvalue weighted by Crippen LogP contribution is -2.64. The maximum atomic E-state index is 13.9. The van der Waals surface area contributed by atoms with Crippen LogP contribution in [0.15, 0.2) is 30.3 Å². The molecule has 3 aliphatic heterocycles. The Balaban J connectivity index is 1.51. The van der Waals surface area contributed by atoms with Gasteiger partial charge < -0.3 is 5.32 Å². The van der Waals surface area contributed by atoms with Crippen molar-refractivity contribution in [3.8, 4) is 0 Å². The molecule has 0 spiro atoms. The van der Waals surface area contributed by atoms with E-state index in [4.69, 9.17) is 0 Å². The van der Waals surface area contributed by atoms with Crippen LogP contribution in [0.2, 0.25) is 0 Å². The Morgan fingerprint density at radius 2 is 1.16 bits per heavy atom. The van der Waals surface area contributed by atoms with Crippen molar-refractivity contribution in [2.45, 2.75) is 115 Å². The number of piperidine rings is 2. The maximum absolute atomic E-state index is 13.9. The third kappa shape index (κ3) is 4.13. The van der Waals surface area contributed by atoms with Crippen molar-refractivity contribution < 1.29 is 20.0 Å². The number of carbonyl (C=O) groups is 2. The highest BCUT2D eigenvalue weighted by molar-refractivity contribution is 6.27. The first kappa shape index (κ1) is 27.1. The summed E-state index contributed by atoms with van der Waals surface area (Å²) in [5.74, 6) is -0.605. The molecule has 2 saturated heterocycles. The second kappa shape index (κ2) is 8.49. The molecule has 2 aromatic rings. The Morgan fingerprint density at radius 1 is 0.684 bits per heavy atom.